The fraction of sp³-hybridized carbons (Fsp3) is 0.800. The molecule has 1 atom stereocenters. The van der Waals surface area contributed by atoms with Crippen LogP contribution in [-0.4, -0.2) is 20.8 Å². The van der Waals surface area contributed by atoms with E-state index >= 15 is 0 Å². The van der Waals surface area contributed by atoms with E-state index in [0.717, 1.165) is 25.1 Å². The van der Waals surface area contributed by atoms with E-state index in [1.165, 1.54) is 0 Å². The second kappa shape index (κ2) is 5.10. The van der Waals surface area contributed by atoms with Crippen LogP contribution in [0.15, 0.2) is 6.33 Å². The quantitative estimate of drug-likeness (QED) is 0.767. The van der Waals surface area contributed by atoms with Crippen molar-refractivity contribution in [1.29, 1.82) is 0 Å². The molecule has 2 N–H and O–H groups in total. The van der Waals surface area contributed by atoms with Gasteiger partial charge in [0.15, 0.2) is 0 Å². The van der Waals surface area contributed by atoms with Gasteiger partial charge in [0.25, 0.3) is 0 Å². The molecule has 0 aliphatic carbocycles. The van der Waals surface area contributed by atoms with Gasteiger partial charge in [0.2, 0.25) is 0 Å². The minimum Gasteiger partial charge on any atom is -0.328 e. The van der Waals surface area contributed by atoms with Crippen LogP contribution < -0.4 is 5.73 Å². The van der Waals surface area contributed by atoms with E-state index < -0.39 is 0 Å². The van der Waals surface area contributed by atoms with Crippen molar-refractivity contribution in [2.45, 2.75) is 39.2 Å². The summed E-state index contributed by atoms with van der Waals surface area (Å²) < 4.78 is 1.81. The lowest BCUT2D eigenvalue weighted by Crippen LogP contribution is -2.23. The normalized spacial score (nSPS) is 13.5. The summed E-state index contributed by atoms with van der Waals surface area (Å²) in [5, 5.41) is 4.02. The molecule has 1 aromatic heterocycles. The van der Waals surface area contributed by atoms with E-state index in [9.17, 15) is 0 Å². The smallest absolute Gasteiger partial charge is 0.138 e. The Morgan fingerprint density at radius 2 is 2.21 bits per heavy atom. The maximum atomic E-state index is 5.98. The minimum absolute atomic E-state index is 0.284. The summed E-state index contributed by atoms with van der Waals surface area (Å²) in [4.78, 5) is 4.16. The molecule has 0 aliphatic heterocycles. The van der Waals surface area contributed by atoms with E-state index in [1.807, 2.05) is 11.7 Å². The maximum Gasteiger partial charge on any atom is 0.138 e. The van der Waals surface area contributed by atoms with Crippen LogP contribution in [0.25, 0.3) is 0 Å². The highest BCUT2D eigenvalue weighted by molar-refractivity contribution is 4.84. The molecule has 0 saturated carbocycles. The zero-order valence-electron chi connectivity index (χ0n) is 9.27. The lowest BCUT2D eigenvalue weighted by molar-refractivity contribution is 0.466. The Balaban J connectivity index is 2.30. The summed E-state index contributed by atoms with van der Waals surface area (Å²) in [6.45, 7) is 4.39. The van der Waals surface area contributed by atoms with Crippen molar-refractivity contribution in [3.8, 4) is 0 Å². The average molecular weight is 196 g/mol. The molecular formula is C10H20N4. The molecule has 0 amide bonds. The van der Waals surface area contributed by atoms with Crippen LogP contribution in [0.5, 0.6) is 0 Å². The number of aromatic nitrogens is 3. The van der Waals surface area contributed by atoms with E-state index in [2.05, 4.69) is 23.9 Å². The van der Waals surface area contributed by atoms with E-state index in [1.54, 1.807) is 6.33 Å². The van der Waals surface area contributed by atoms with Crippen LogP contribution in [0.4, 0.5) is 0 Å². The molecule has 1 rings (SSSR count). The van der Waals surface area contributed by atoms with Crippen molar-refractivity contribution < 1.29 is 0 Å². The van der Waals surface area contributed by atoms with Crippen LogP contribution in [0, 0.1) is 5.92 Å². The second-order valence-electron chi connectivity index (χ2n) is 4.23. The summed E-state index contributed by atoms with van der Waals surface area (Å²) in [7, 11) is 1.91. The molecule has 0 aromatic carbocycles. The van der Waals surface area contributed by atoms with E-state index in [-0.39, 0.29) is 6.04 Å². The summed E-state index contributed by atoms with van der Waals surface area (Å²) in [6.07, 6.45) is 4.58. The Bertz CT molecular complexity index is 267. The van der Waals surface area contributed by atoms with Gasteiger partial charge in [0.05, 0.1) is 0 Å². The first-order valence-electron chi connectivity index (χ1n) is 5.18. The van der Waals surface area contributed by atoms with Gasteiger partial charge in [0.1, 0.15) is 12.2 Å². The highest BCUT2D eigenvalue weighted by Gasteiger charge is 2.07. The highest BCUT2D eigenvalue weighted by atomic mass is 15.3. The maximum absolute atomic E-state index is 5.98. The first-order chi connectivity index (χ1) is 6.59. The van der Waals surface area contributed by atoms with Gasteiger partial charge in [-0.15, -0.1) is 0 Å². The Labute approximate surface area is 85.5 Å². The molecule has 4 nitrogen and oxygen atoms in total. The van der Waals surface area contributed by atoms with Gasteiger partial charge in [-0.3, -0.25) is 4.68 Å². The monoisotopic (exact) mass is 196 g/mol. The van der Waals surface area contributed by atoms with Crippen LogP contribution in [0.1, 0.15) is 32.5 Å². The van der Waals surface area contributed by atoms with Crippen molar-refractivity contribution in [1.82, 2.24) is 14.8 Å². The Morgan fingerprint density at radius 1 is 1.50 bits per heavy atom. The zero-order chi connectivity index (χ0) is 10.6. The molecule has 0 saturated heterocycles. The molecule has 0 bridgehead atoms. The van der Waals surface area contributed by atoms with E-state index in [0.29, 0.717) is 5.92 Å². The van der Waals surface area contributed by atoms with Crippen LogP contribution in [-0.2, 0) is 13.5 Å². The lowest BCUT2D eigenvalue weighted by atomic mass is 10.0. The number of nitrogens with two attached hydrogens (primary N) is 1. The fourth-order valence-corrected chi connectivity index (χ4v) is 1.58. The van der Waals surface area contributed by atoms with Gasteiger partial charge in [0, 0.05) is 19.5 Å². The summed E-state index contributed by atoms with van der Waals surface area (Å²) in [5.41, 5.74) is 5.98. The summed E-state index contributed by atoms with van der Waals surface area (Å²) >= 11 is 0. The predicted octanol–water partition coefficient (Wildman–Crippen LogP) is 1.12. The number of hydrogen-bond donors (Lipinski definition) is 1. The third kappa shape index (κ3) is 3.46. The van der Waals surface area contributed by atoms with Crippen molar-refractivity contribution in [3.63, 3.8) is 0 Å². The Kier molecular flexibility index (Phi) is 4.07. The van der Waals surface area contributed by atoms with Gasteiger partial charge in [-0.1, -0.05) is 13.8 Å². The molecule has 1 unspecified atom stereocenters. The van der Waals surface area contributed by atoms with Crippen molar-refractivity contribution in [2.24, 2.45) is 18.7 Å². The van der Waals surface area contributed by atoms with Crippen LogP contribution in [0.3, 0.4) is 0 Å². The van der Waals surface area contributed by atoms with Crippen molar-refractivity contribution in [2.75, 3.05) is 0 Å². The van der Waals surface area contributed by atoms with Crippen LogP contribution in [0.2, 0.25) is 0 Å². The van der Waals surface area contributed by atoms with Gasteiger partial charge in [-0.05, 0) is 18.8 Å². The number of aryl methyl sites for hydroxylation is 2. The molecule has 80 valence electrons. The minimum atomic E-state index is 0.284. The lowest BCUT2D eigenvalue weighted by Gasteiger charge is -2.13. The second-order valence-corrected chi connectivity index (χ2v) is 4.23. The fourth-order valence-electron chi connectivity index (χ4n) is 1.58. The number of hydrogen-bond acceptors (Lipinski definition) is 3. The highest BCUT2D eigenvalue weighted by Crippen LogP contribution is 2.08. The first-order valence-corrected chi connectivity index (χ1v) is 5.18. The summed E-state index contributed by atoms with van der Waals surface area (Å²) in [6, 6.07) is 0.284. The topological polar surface area (TPSA) is 56.7 Å². The number of rotatable bonds is 5. The largest absolute Gasteiger partial charge is 0.328 e. The molecule has 0 spiro atoms. The molecule has 1 aromatic rings. The molecule has 0 fully saturated rings. The SMILES string of the molecule is CC(C)CC(N)CCc1ncnn1C. The number of nitrogens with zero attached hydrogens (tertiary/aromatic N) is 3. The van der Waals surface area contributed by atoms with Gasteiger partial charge in [-0.25, -0.2) is 4.98 Å². The molecule has 14 heavy (non-hydrogen) atoms. The molecular weight excluding hydrogens is 176 g/mol. The Morgan fingerprint density at radius 3 is 2.71 bits per heavy atom. The molecule has 4 heteroatoms. The molecule has 1 heterocycles. The van der Waals surface area contributed by atoms with E-state index in [4.69, 9.17) is 5.73 Å². The van der Waals surface area contributed by atoms with Crippen molar-refractivity contribution in [3.05, 3.63) is 12.2 Å². The first kappa shape index (κ1) is 11.2. The van der Waals surface area contributed by atoms with Gasteiger partial charge < -0.3 is 5.73 Å². The van der Waals surface area contributed by atoms with Crippen molar-refractivity contribution >= 4 is 0 Å². The molecule has 0 aliphatic rings. The zero-order valence-corrected chi connectivity index (χ0v) is 9.27. The molecule has 0 radical (unpaired) electrons. The van der Waals surface area contributed by atoms with Crippen LogP contribution >= 0.6 is 0 Å². The third-order valence-electron chi connectivity index (χ3n) is 2.32. The van der Waals surface area contributed by atoms with Gasteiger partial charge >= 0.3 is 0 Å². The third-order valence-corrected chi connectivity index (χ3v) is 2.32. The summed E-state index contributed by atoms with van der Waals surface area (Å²) in [5.74, 6) is 1.69. The van der Waals surface area contributed by atoms with Gasteiger partial charge in [-0.2, -0.15) is 5.10 Å². The Hall–Kier alpha value is -0.900. The predicted molar refractivity (Wildman–Crippen MR) is 56.8 cm³/mol. The standard InChI is InChI=1S/C10H20N4/c1-8(2)6-9(11)4-5-10-12-7-13-14(10)3/h7-9H,4-6,11H2,1-3H3. The average Bonchev–Trinajstić information content (AvgIpc) is 2.46.